The van der Waals surface area contributed by atoms with Crippen molar-refractivity contribution in [2.24, 2.45) is 11.8 Å². The summed E-state index contributed by atoms with van der Waals surface area (Å²) in [4.78, 5) is 16.3. The molecule has 116 valence electrons. The van der Waals surface area contributed by atoms with Gasteiger partial charge in [0.1, 0.15) is 6.17 Å². The van der Waals surface area contributed by atoms with Crippen molar-refractivity contribution in [3.8, 4) is 0 Å². The number of carbonyl (C=O) groups excluding carboxylic acids is 1. The van der Waals surface area contributed by atoms with Crippen LogP contribution in [-0.2, 0) is 4.79 Å². The van der Waals surface area contributed by atoms with Crippen LogP contribution in [0.3, 0.4) is 0 Å². The minimum Gasteiger partial charge on any atom is -0.318 e. The van der Waals surface area contributed by atoms with Gasteiger partial charge in [0.25, 0.3) is 0 Å². The molecule has 1 aliphatic carbocycles. The van der Waals surface area contributed by atoms with E-state index in [9.17, 15) is 4.79 Å². The molecule has 0 radical (unpaired) electrons. The highest BCUT2D eigenvalue weighted by molar-refractivity contribution is 7.10. The largest absolute Gasteiger partial charge is 0.318 e. The smallest absolute Gasteiger partial charge is 0.241 e. The van der Waals surface area contributed by atoms with Gasteiger partial charge in [0.15, 0.2) is 0 Å². The zero-order valence-corrected chi connectivity index (χ0v) is 14.0. The molecule has 0 aromatic carbocycles. The SMILES string of the molecule is CC(C)CC1NC(c2cccs2)N(C2CCC(C)C2)C1=O. The van der Waals surface area contributed by atoms with Gasteiger partial charge in [0.2, 0.25) is 5.91 Å². The maximum absolute atomic E-state index is 12.9. The monoisotopic (exact) mass is 306 g/mol. The van der Waals surface area contributed by atoms with Crippen LogP contribution in [0.25, 0.3) is 0 Å². The van der Waals surface area contributed by atoms with Crippen molar-refractivity contribution >= 4 is 17.2 Å². The molecule has 4 heteroatoms. The van der Waals surface area contributed by atoms with Crippen LogP contribution in [0.4, 0.5) is 0 Å². The first-order chi connectivity index (χ1) is 10.1. The Bertz CT molecular complexity index is 485. The lowest BCUT2D eigenvalue weighted by Gasteiger charge is -2.29. The molecular formula is C17H26N2OS. The minimum atomic E-state index is -0.00648. The van der Waals surface area contributed by atoms with Crippen molar-refractivity contribution in [3.05, 3.63) is 22.4 Å². The summed E-state index contributed by atoms with van der Waals surface area (Å²) in [5.41, 5.74) is 0. The summed E-state index contributed by atoms with van der Waals surface area (Å²) >= 11 is 1.75. The maximum atomic E-state index is 12.9. The molecule has 1 aromatic rings. The molecular weight excluding hydrogens is 280 g/mol. The molecule has 1 aromatic heterocycles. The number of nitrogens with zero attached hydrogens (tertiary/aromatic N) is 1. The van der Waals surface area contributed by atoms with Crippen LogP contribution in [0.15, 0.2) is 17.5 Å². The van der Waals surface area contributed by atoms with Crippen molar-refractivity contribution in [2.75, 3.05) is 0 Å². The summed E-state index contributed by atoms with van der Waals surface area (Å²) in [7, 11) is 0. The fraction of sp³-hybridized carbons (Fsp3) is 0.706. The van der Waals surface area contributed by atoms with Gasteiger partial charge in [-0.2, -0.15) is 0 Å². The third-order valence-electron chi connectivity index (χ3n) is 4.77. The van der Waals surface area contributed by atoms with Gasteiger partial charge in [0.05, 0.1) is 6.04 Å². The normalized spacial score (nSPS) is 33.3. The van der Waals surface area contributed by atoms with Gasteiger partial charge in [-0.15, -0.1) is 11.3 Å². The molecule has 2 heterocycles. The lowest BCUT2D eigenvalue weighted by atomic mass is 10.0. The lowest BCUT2D eigenvalue weighted by molar-refractivity contribution is -0.132. The van der Waals surface area contributed by atoms with Gasteiger partial charge in [-0.3, -0.25) is 10.1 Å². The standard InChI is InChI=1S/C17H26N2OS/c1-11(2)9-14-17(20)19(13-7-6-12(3)10-13)16(18-14)15-5-4-8-21-15/h4-5,8,11-14,16,18H,6-7,9-10H2,1-3H3. The molecule has 4 atom stereocenters. The van der Waals surface area contributed by atoms with Crippen LogP contribution in [0.5, 0.6) is 0 Å². The second kappa shape index (κ2) is 6.09. The van der Waals surface area contributed by atoms with Gasteiger partial charge in [-0.1, -0.05) is 26.8 Å². The van der Waals surface area contributed by atoms with Crippen molar-refractivity contribution < 1.29 is 4.79 Å². The molecule has 1 amide bonds. The lowest BCUT2D eigenvalue weighted by Crippen LogP contribution is -2.38. The Kier molecular flexibility index (Phi) is 4.36. The molecule has 0 spiro atoms. The molecule has 4 unspecified atom stereocenters. The zero-order valence-electron chi connectivity index (χ0n) is 13.2. The Morgan fingerprint density at radius 2 is 2.24 bits per heavy atom. The highest BCUT2D eigenvalue weighted by Crippen LogP contribution is 2.38. The van der Waals surface area contributed by atoms with Crippen molar-refractivity contribution in [3.63, 3.8) is 0 Å². The van der Waals surface area contributed by atoms with E-state index in [1.807, 2.05) is 0 Å². The summed E-state index contributed by atoms with van der Waals surface area (Å²) in [6.07, 6.45) is 4.59. The second-order valence-electron chi connectivity index (χ2n) is 7.08. The van der Waals surface area contributed by atoms with E-state index in [0.29, 0.717) is 17.9 Å². The number of hydrogen-bond acceptors (Lipinski definition) is 3. The molecule has 2 fully saturated rings. The van der Waals surface area contributed by atoms with E-state index in [4.69, 9.17) is 0 Å². The Balaban J connectivity index is 1.83. The average molecular weight is 306 g/mol. The van der Waals surface area contributed by atoms with E-state index < -0.39 is 0 Å². The molecule has 2 aliphatic rings. The van der Waals surface area contributed by atoms with E-state index in [2.05, 4.69) is 48.5 Å². The van der Waals surface area contributed by atoms with Crippen molar-refractivity contribution in [2.45, 2.75) is 64.7 Å². The quantitative estimate of drug-likeness (QED) is 0.918. The van der Waals surface area contributed by atoms with Gasteiger partial charge < -0.3 is 4.90 Å². The minimum absolute atomic E-state index is 0.00648. The van der Waals surface area contributed by atoms with E-state index in [0.717, 1.165) is 25.2 Å². The van der Waals surface area contributed by atoms with E-state index in [1.165, 1.54) is 11.3 Å². The number of nitrogens with one attached hydrogen (secondary N) is 1. The van der Waals surface area contributed by atoms with Crippen LogP contribution in [0.1, 0.15) is 57.5 Å². The molecule has 1 N–H and O–H groups in total. The number of amides is 1. The van der Waals surface area contributed by atoms with Crippen molar-refractivity contribution in [1.82, 2.24) is 10.2 Å². The fourth-order valence-electron chi connectivity index (χ4n) is 3.78. The molecule has 0 bridgehead atoms. The number of hydrogen-bond donors (Lipinski definition) is 1. The Morgan fingerprint density at radius 3 is 2.81 bits per heavy atom. The summed E-state index contributed by atoms with van der Waals surface area (Å²) in [5.74, 6) is 1.61. The molecule has 3 rings (SSSR count). The summed E-state index contributed by atoms with van der Waals surface area (Å²) in [6.45, 7) is 6.69. The first-order valence-electron chi connectivity index (χ1n) is 8.18. The van der Waals surface area contributed by atoms with Crippen LogP contribution in [0, 0.1) is 11.8 Å². The van der Waals surface area contributed by atoms with Gasteiger partial charge in [0, 0.05) is 10.9 Å². The highest BCUT2D eigenvalue weighted by Gasteiger charge is 2.44. The van der Waals surface area contributed by atoms with E-state index >= 15 is 0 Å². The van der Waals surface area contributed by atoms with Gasteiger partial charge in [-0.05, 0) is 49.0 Å². The summed E-state index contributed by atoms with van der Waals surface area (Å²) in [5, 5.41) is 5.71. The van der Waals surface area contributed by atoms with Gasteiger partial charge in [-0.25, -0.2) is 0 Å². The van der Waals surface area contributed by atoms with Crippen LogP contribution >= 0.6 is 11.3 Å². The van der Waals surface area contributed by atoms with Crippen LogP contribution in [-0.4, -0.2) is 22.9 Å². The predicted octanol–water partition coefficient (Wildman–Crippen LogP) is 3.78. The Hall–Kier alpha value is -0.870. The summed E-state index contributed by atoms with van der Waals surface area (Å²) < 4.78 is 0. The zero-order chi connectivity index (χ0) is 15.0. The average Bonchev–Trinajstić information content (AvgIpc) is 3.11. The van der Waals surface area contributed by atoms with E-state index in [-0.39, 0.29) is 12.2 Å². The first-order valence-corrected chi connectivity index (χ1v) is 9.06. The maximum Gasteiger partial charge on any atom is 0.241 e. The van der Waals surface area contributed by atoms with E-state index in [1.54, 1.807) is 11.3 Å². The number of carbonyl (C=O) groups is 1. The Morgan fingerprint density at radius 1 is 1.43 bits per heavy atom. The van der Waals surface area contributed by atoms with Gasteiger partial charge >= 0.3 is 0 Å². The summed E-state index contributed by atoms with van der Waals surface area (Å²) in [6, 6.07) is 4.65. The molecule has 1 saturated heterocycles. The number of rotatable bonds is 4. The highest BCUT2D eigenvalue weighted by atomic mass is 32.1. The third kappa shape index (κ3) is 3.02. The molecule has 21 heavy (non-hydrogen) atoms. The fourth-order valence-corrected chi connectivity index (χ4v) is 4.56. The first kappa shape index (κ1) is 15.0. The molecule has 1 saturated carbocycles. The predicted molar refractivity (Wildman–Crippen MR) is 87.1 cm³/mol. The topological polar surface area (TPSA) is 32.3 Å². The second-order valence-corrected chi connectivity index (χ2v) is 8.06. The van der Waals surface area contributed by atoms with Crippen molar-refractivity contribution in [1.29, 1.82) is 0 Å². The van der Waals surface area contributed by atoms with Crippen LogP contribution < -0.4 is 5.32 Å². The number of thiophene rings is 1. The molecule has 1 aliphatic heterocycles. The van der Waals surface area contributed by atoms with Crippen LogP contribution in [0.2, 0.25) is 0 Å². The third-order valence-corrected chi connectivity index (χ3v) is 5.69. The molecule has 3 nitrogen and oxygen atoms in total. The Labute approximate surface area is 131 Å².